The van der Waals surface area contributed by atoms with Crippen LogP contribution in [0.5, 0.6) is 0 Å². The number of thiazole rings is 1. The van der Waals surface area contributed by atoms with Gasteiger partial charge in [0, 0.05) is 64.1 Å². The van der Waals surface area contributed by atoms with E-state index in [4.69, 9.17) is 0 Å². The molecule has 0 radical (unpaired) electrons. The minimum absolute atomic E-state index is 0. The minimum Gasteiger partial charge on any atom is -0.355 e. The van der Waals surface area contributed by atoms with Gasteiger partial charge in [-0.25, -0.2) is 15.0 Å². The summed E-state index contributed by atoms with van der Waals surface area (Å²) < 4.78 is 37.8. The molecular weight excluding hydrogens is 532 g/mol. The monoisotopic (exact) mass is 556 g/mol. The number of alkyl halides is 3. The number of nitrogens with zero attached hydrogens (tertiary/aromatic N) is 6. The lowest BCUT2D eigenvalue weighted by molar-refractivity contribution is -0.140. The van der Waals surface area contributed by atoms with E-state index >= 15 is 0 Å². The lowest BCUT2D eigenvalue weighted by Gasteiger charge is -2.34. The first-order valence-electron chi connectivity index (χ1n) is 9.16. The Bertz CT molecular complexity index is 794. The summed E-state index contributed by atoms with van der Waals surface area (Å²) in [7, 11) is 1.62. The highest BCUT2D eigenvalue weighted by Gasteiger charge is 2.33. The van der Waals surface area contributed by atoms with Gasteiger partial charge in [-0.15, -0.1) is 35.3 Å². The lowest BCUT2D eigenvalue weighted by atomic mass is 10.3. The average molecular weight is 556 g/mol. The molecule has 3 heterocycles. The van der Waals surface area contributed by atoms with Gasteiger partial charge in [0.1, 0.15) is 5.01 Å². The first-order valence-corrected chi connectivity index (χ1v) is 10.0. The molecule has 2 N–H and O–H groups in total. The lowest BCUT2D eigenvalue weighted by Crippen LogP contribution is -2.49. The number of aromatic nitrogens is 3. The highest BCUT2D eigenvalue weighted by Crippen LogP contribution is 2.29. The molecule has 1 aliphatic heterocycles. The van der Waals surface area contributed by atoms with Gasteiger partial charge in [0.2, 0.25) is 5.95 Å². The van der Waals surface area contributed by atoms with Crippen LogP contribution in [0.3, 0.4) is 0 Å². The summed E-state index contributed by atoms with van der Waals surface area (Å²) in [5.74, 6) is 1.29. The zero-order chi connectivity index (χ0) is 20.7. The van der Waals surface area contributed by atoms with E-state index in [1.807, 2.05) is 0 Å². The van der Waals surface area contributed by atoms with Gasteiger partial charge in [-0.2, -0.15) is 13.2 Å². The maximum Gasteiger partial charge on any atom is 0.434 e. The summed E-state index contributed by atoms with van der Waals surface area (Å²) in [4.78, 5) is 20.7. The van der Waals surface area contributed by atoms with E-state index in [9.17, 15) is 13.2 Å². The van der Waals surface area contributed by atoms with Gasteiger partial charge >= 0.3 is 6.18 Å². The molecule has 0 atom stereocenters. The van der Waals surface area contributed by atoms with E-state index in [0.29, 0.717) is 17.5 Å². The van der Waals surface area contributed by atoms with Crippen molar-refractivity contribution in [3.05, 3.63) is 34.5 Å². The van der Waals surface area contributed by atoms with Crippen LogP contribution in [0, 0.1) is 0 Å². The molecule has 1 saturated heterocycles. The number of aliphatic imine (C=N–C) groups is 1. The third-order valence-corrected chi connectivity index (χ3v) is 5.25. The Morgan fingerprint density at radius 3 is 2.47 bits per heavy atom. The summed E-state index contributed by atoms with van der Waals surface area (Å²) in [6.45, 7) is 5.24. The van der Waals surface area contributed by atoms with Crippen molar-refractivity contribution in [2.45, 2.75) is 12.7 Å². The van der Waals surface area contributed by atoms with Gasteiger partial charge < -0.3 is 15.5 Å². The van der Waals surface area contributed by atoms with E-state index in [-0.39, 0.29) is 30.5 Å². The second kappa shape index (κ2) is 11.6. The van der Waals surface area contributed by atoms with Crippen molar-refractivity contribution >= 4 is 47.2 Å². The topological polar surface area (TPSA) is 81.6 Å². The number of anilines is 1. The number of guanidine groups is 1. The molecule has 1 fully saturated rings. The molecule has 0 aliphatic carbocycles. The number of rotatable bonds is 6. The molecule has 0 bridgehead atoms. The predicted octanol–water partition coefficient (Wildman–Crippen LogP) is 2.06. The van der Waals surface area contributed by atoms with Crippen molar-refractivity contribution in [2.75, 3.05) is 51.2 Å². The molecule has 13 heteroatoms. The SMILES string of the molecule is CN=C(NCCN1CCN(c2ncccn2)CC1)NCc1nc(C(F)(F)F)cs1.I. The molecule has 0 spiro atoms. The Kier molecular flexibility index (Phi) is 9.48. The molecule has 2 aromatic heterocycles. The number of nitrogens with one attached hydrogen (secondary N) is 2. The van der Waals surface area contributed by atoms with Crippen LogP contribution in [0.2, 0.25) is 0 Å². The van der Waals surface area contributed by atoms with Crippen molar-refractivity contribution < 1.29 is 13.2 Å². The average Bonchev–Trinajstić information content (AvgIpc) is 3.21. The molecular formula is C17H24F3IN8S. The quantitative estimate of drug-likeness (QED) is 0.321. The molecule has 0 amide bonds. The molecule has 0 unspecified atom stereocenters. The van der Waals surface area contributed by atoms with Gasteiger partial charge in [0.05, 0.1) is 6.54 Å². The minimum atomic E-state index is -4.41. The van der Waals surface area contributed by atoms with Crippen molar-refractivity contribution in [3.8, 4) is 0 Å². The van der Waals surface area contributed by atoms with E-state index in [1.165, 1.54) is 0 Å². The molecule has 0 aromatic carbocycles. The Morgan fingerprint density at radius 2 is 1.87 bits per heavy atom. The fourth-order valence-electron chi connectivity index (χ4n) is 2.86. The fraction of sp³-hybridized carbons (Fsp3) is 0.529. The largest absolute Gasteiger partial charge is 0.434 e. The summed E-state index contributed by atoms with van der Waals surface area (Å²) in [5.41, 5.74) is -0.859. The van der Waals surface area contributed by atoms with Crippen LogP contribution < -0.4 is 15.5 Å². The van der Waals surface area contributed by atoms with Crippen molar-refractivity contribution in [1.29, 1.82) is 0 Å². The molecule has 2 aromatic rings. The predicted molar refractivity (Wildman–Crippen MR) is 121 cm³/mol. The van der Waals surface area contributed by atoms with E-state index in [1.54, 1.807) is 25.5 Å². The highest BCUT2D eigenvalue weighted by atomic mass is 127. The Balaban J connectivity index is 0.00000320. The Hall–Kier alpha value is -1.74. The van der Waals surface area contributed by atoms with Gasteiger partial charge in [-0.05, 0) is 6.07 Å². The van der Waals surface area contributed by atoms with Gasteiger partial charge in [-0.3, -0.25) is 9.89 Å². The third-order valence-electron chi connectivity index (χ3n) is 4.40. The molecule has 0 saturated carbocycles. The second-order valence-electron chi connectivity index (χ2n) is 6.35. The smallest absolute Gasteiger partial charge is 0.355 e. The van der Waals surface area contributed by atoms with Crippen LogP contribution in [0.25, 0.3) is 0 Å². The molecule has 1 aliphatic rings. The maximum atomic E-state index is 12.6. The standard InChI is InChI=1S/C17H23F3N8S.HI/c1-21-15(25-11-14-26-13(12-29-14)17(18,19)20)22-5-6-27-7-9-28(10-8-27)16-23-3-2-4-24-16;/h2-4,12H,5-11H2,1H3,(H2,21,22,25);1H. The van der Waals surface area contributed by atoms with Gasteiger partial charge in [0.25, 0.3) is 0 Å². The number of hydrogen-bond acceptors (Lipinski definition) is 7. The van der Waals surface area contributed by atoms with Crippen LogP contribution in [0.15, 0.2) is 28.8 Å². The number of hydrogen-bond donors (Lipinski definition) is 2. The maximum absolute atomic E-state index is 12.6. The van der Waals surface area contributed by atoms with Gasteiger partial charge in [-0.1, -0.05) is 0 Å². The van der Waals surface area contributed by atoms with Crippen LogP contribution in [0.1, 0.15) is 10.7 Å². The number of halogens is 4. The summed E-state index contributed by atoms with van der Waals surface area (Å²) in [6, 6.07) is 1.80. The first kappa shape index (κ1) is 24.5. The van der Waals surface area contributed by atoms with Crippen molar-refractivity contribution in [2.24, 2.45) is 4.99 Å². The van der Waals surface area contributed by atoms with Crippen LogP contribution in [-0.4, -0.2) is 72.1 Å². The summed E-state index contributed by atoms with van der Waals surface area (Å²) in [5, 5.41) is 7.56. The van der Waals surface area contributed by atoms with Crippen molar-refractivity contribution in [1.82, 2.24) is 30.5 Å². The molecule has 3 rings (SSSR count). The molecule has 8 nitrogen and oxygen atoms in total. The summed E-state index contributed by atoms with van der Waals surface area (Å²) in [6.07, 6.45) is -0.926. The van der Waals surface area contributed by atoms with E-state index in [2.05, 4.69) is 40.4 Å². The zero-order valence-electron chi connectivity index (χ0n) is 16.4. The number of piperazine rings is 1. The zero-order valence-corrected chi connectivity index (χ0v) is 19.5. The summed E-state index contributed by atoms with van der Waals surface area (Å²) >= 11 is 0.974. The molecule has 30 heavy (non-hydrogen) atoms. The highest BCUT2D eigenvalue weighted by molar-refractivity contribution is 14.0. The fourth-order valence-corrected chi connectivity index (χ4v) is 3.60. The molecule has 166 valence electrons. The van der Waals surface area contributed by atoms with E-state index in [0.717, 1.165) is 55.4 Å². The second-order valence-corrected chi connectivity index (χ2v) is 7.30. The van der Waals surface area contributed by atoms with Crippen LogP contribution in [0.4, 0.5) is 19.1 Å². The Labute approximate surface area is 194 Å². The van der Waals surface area contributed by atoms with Crippen LogP contribution >= 0.6 is 35.3 Å². The third kappa shape index (κ3) is 7.19. The normalized spacial score (nSPS) is 15.6. The van der Waals surface area contributed by atoms with E-state index < -0.39 is 11.9 Å². The van der Waals surface area contributed by atoms with Crippen LogP contribution in [-0.2, 0) is 12.7 Å². The van der Waals surface area contributed by atoms with Gasteiger partial charge in [0.15, 0.2) is 11.7 Å². The first-order chi connectivity index (χ1) is 14.0. The Morgan fingerprint density at radius 1 is 1.17 bits per heavy atom. The van der Waals surface area contributed by atoms with Crippen molar-refractivity contribution in [3.63, 3.8) is 0 Å².